The number of aliphatic hydroxyl groups is 2. The second-order valence-corrected chi connectivity index (χ2v) is 4.86. The molecule has 3 aliphatic carbocycles. The third-order valence-electron chi connectivity index (χ3n) is 4.26. The van der Waals surface area contributed by atoms with Crippen LogP contribution in [0.25, 0.3) is 0 Å². The van der Waals surface area contributed by atoms with E-state index in [1.807, 2.05) is 0 Å². The number of hydrogen-bond acceptors (Lipinski definition) is 4. The molecule has 0 amide bonds. The zero-order chi connectivity index (χ0) is 12.1. The second kappa shape index (κ2) is 3.18. The van der Waals surface area contributed by atoms with Crippen LogP contribution in [0.4, 0.5) is 0 Å². The van der Waals surface area contributed by atoms with Crippen molar-refractivity contribution in [1.82, 2.24) is 0 Å². The summed E-state index contributed by atoms with van der Waals surface area (Å²) in [6, 6.07) is 0. The summed E-state index contributed by atoms with van der Waals surface area (Å²) in [5, 5.41) is 37.8. The Bertz CT molecular complexity index is 319. The van der Waals surface area contributed by atoms with E-state index in [2.05, 4.69) is 0 Å². The molecular weight excluding hydrogens is 216 g/mol. The molecule has 6 heteroatoms. The van der Waals surface area contributed by atoms with Crippen LogP contribution in [-0.4, -0.2) is 44.6 Å². The number of carboxylic acids is 2. The fourth-order valence-corrected chi connectivity index (χ4v) is 3.01. The van der Waals surface area contributed by atoms with E-state index in [0.29, 0.717) is 0 Å². The first-order valence-corrected chi connectivity index (χ1v) is 5.18. The predicted molar refractivity (Wildman–Crippen MR) is 50.6 cm³/mol. The van der Waals surface area contributed by atoms with E-state index in [-0.39, 0.29) is 25.7 Å². The highest BCUT2D eigenvalue weighted by Gasteiger charge is 2.65. The topological polar surface area (TPSA) is 115 Å². The maximum Gasteiger partial charge on any atom is 0.312 e. The van der Waals surface area contributed by atoms with Gasteiger partial charge in [0.15, 0.2) is 0 Å². The average molecular weight is 230 g/mol. The highest BCUT2D eigenvalue weighted by atomic mass is 16.4. The quantitative estimate of drug-likeness (QED) is 0.505. The molecule has 2 bridgehead atoms. The zero-order valence-electron chi connectivity index (χ0n) is 8.59. The molecule has 0 heterocycles. The van der Waals surface area contributed by atoms with E-state index >= 15 is 0 Å². The van der Waals surface area contributed by atoms with Gasteiger partial charge in [-0.3, -0.25) is 9.59 Å². The molecule has 0 saturated heterocycles. The number of carbonyl (C=O) groups is 2. The van der Waals surface area contributed by atoms with Gasteiger partial charge in [0.05, 0.1) is 23.0 Å². The highest BCUT2D eigenvalue weighted by molar-refractivity contribution is 5.81. The lowest BCUT2D eigenvalue weighted by Gasteiger charge is -2.54. The maximum absolute atomic E-state index is 11.1. The average Bonchev–Trinajstić information content (AvgIpc) is 2.19. The molecule has 6 nitrogen and oxygen atoms in total. The summed E-state index contributed by atoms with van der Waals surface area (Å²) in [4.78, 5) is 22.3. The number of rotatable bonds is 2. The van der Waals surface area contributed by atoms with Crippen molar-refractivity contribution in [3.63, 3.8) is 0 Å². The zero-order valence-corrected chi connectivity index (χ0v) is 8.59. The van der Waals surface area contributed by atoms with Gasteiger partial charge in [-0.1, -0.05) is 0 Å². The summed E-state index contributed by atoms with van der Waals surface area (Å²) in [6.07, 6.45) is -2.55. The number of carboxylic acid groups (broad SMARTS) is 2. The lowest BCUT2D eigenvalue weighted by atomic mass is 9.51. The molecule has 4 unspecified atom stereocenters. The van der Waals surface area contributed by atoms with Gasteiger partial charge in [0.2, 0.25) is 0 Å². The Morgan fingerprint density at radius 2 is 1.19 bits per heavy atom. The lowest BCUT2D eigenvalue weighted by molar-refractivity contribution is -0.211. The first kappa shape index (κ1) is 11.3. The minimum Gasteiger partial charge on any atom is -0.481 e. The van der Waals surface area contributed by atoms with Gasteiger partial charge in [0.25, 0.3) is 0 Å². The molecule has 0 radical (unpaired) electrons. The van der Waals surface area contributed by atoms with Gasteiger partial charge in [-0.05, 0) is 25.7 Å². The number of fused-ring (bicyclic) bond motifs is 3. The summed E-state index contributed by atoms with van der Waals surface area (Å²) in [7, 11) is 0. The van der Waals surface area contributed by atoms with E-state index in [1.54, 1.807) is 0 Å². The molecule has 0 aromatic rings. The molecule has 3 rings (SSSR count). The normalized spacial score (nSPS) is 46.6. The van der Waals surface area contributed by atoms with Crippen LogP contribution in [0, 0.1) is 10.8 Å². The van der Waals surface area contributed by atoms with E-state index in [9.17, 15) is 19.8 Å². The van der Waals surface area contributed by atoms with Crippen LogP contribution in [0.1, 0.15) is 25.7 Å². The molecule has 0 aromatic carbocycles. The largest absolute Gasteiger partial charge is 0.481 e. The van der Waals surface area contributed by atoms with E-state index in [0.717, 1.165) is 0 Å². The number of hydrogen-bond donors (Lipinski definition) is 4. The van der Waals surface area contributed by atoms with E-state index < -0.39 is 35.0 Å². The molecule has 16 heavy (non-hydrogen) atoms. The van der Waals surface area contributed by atoms with Crippen molar-refractivity contribution in [3.8, 4) is 0 Å². The Morgan fingerprint density at radius 3 is 1.38 bits per heavy atom. The monoisotopic (exact) mass is 230 g/mol. The summed E-state index contributed by atoms with van der Waals surface area (Å²) in [5.74, 6) is -2.31. The van der Waals surface area contributed by atoms with Crippen LogP contribution in [-0.2, 0) is 9.59 Å². The minimum atomic E-state index is -1.36. The first-order chi connectivity index (χ1) is 7.35. The molecule has 3 fully saturated rings. The van der Waals surface area contributed by atoms with Gasteiger partial charge in [0, 0.05) is 0 Å². The van der Waals surface area contributed by atoms with Crippen LogP contribution < -0.4 is 0 Å². The summed E-state index contributed by atoms with van der Waals surface area (Å²) in [6.45, 7) is 0. The second-order valence-electron chi connectivity index (χ2n) is 4.86. The fourth-order valence-electron chi connectivity index (χ4n) is 3.01. The third-order valence-corrected chi connectivity index (χ3v) is 4.26. The smallest absolute Gasteiger partial charge is 0.312 e. The van der Waals surface area contributed by atoms with Crippen molar-refractivity contribution >= 4 is 11.9 Å². The van der Waals surface area contributed by atoms with Crippen LogP contribution >= 0.6 is 0 Å². The van der Waals surface area contributed by atoms with Gasteiger partial charge in [-0.25, -0.2) is 0 Å². The standard InChI is InChI=1S/C10H14O6/c11-5-4-10(8(15)16)2-1-9(5,7(13)14)3-6(10)12/h5-6,11-12H,1-4H2,(H,13,14)(H,15,16). The van der Waals surface area contributed by atoms with Crippen LogP contribution in [0.3, 0.4) is 0 Å². The van der Waals surface area contributed by atoms with E-state index in [4.69, 9.17) is 10.2 Å². The Hall–Kier alpha value is -1.14. The van der Waals surface area contributed by atoms with Crippen LogP contribution in [0.2, 0.25) is 0 Å². The van der Waals surface area contributed by atoms with Gasteiger partial charge < -0.3 is 20.4 Å². The molecule has 4 atom stereocenters. The van der Waals surface area contributed by atoms with E-state index in [1.165, 1.54) is 0 Å². The lowest BCUT2D eigenvalue weighted by Crippen LogP contribution is -2.63. The molecule has 0 aliphatic heterocycles. The molecule has 0 aromatic heterocycles. The highest BCUT2D eigenvalue weighted by Crippen LogP contribution is 2.57. The molecule has 3 saturated carbocycles. The summed E-state index contributed by atoms with van der Waals surface area (Å²) < 4.78 is 0. The molecule has 4 N–H and O–H groups in total. The number of aliphatic carboxylic acids is 2. The van der Waals surface area contributed by atoms with Crippen molar-refractivity contribution in [2.45, 2.75) is 37.9 Å². The molecule has 90 valence electrons. The SMILES string of the molecule is O=C(O)C12CCC(C(=O)O)(CC1O)C(O)C2. The van der Waals surface area contributed by atoms with Crippen molar-refractivity contribution in [3.05, 3.63) is 0 Å². The van der Waals surface area contributed by atoms with Gasteiger partial charge in [-0.15, -0.1) is 0 Å². The fraction of sp³-hybridized carbons (Fsp3) is 0.800. The predicted octanol–water partition coefficient (Wildman–Crippen LogP) is -0.562. The first-order valence-electron chi connectivity index (χ1n) is 5.18. The summed E-state index contributed by atoms with van der Waals surface area (Å²) >= 11 is 0. The summed E-state index contributed by atoms with van der Waals surface area (Å²) in [5.41, 5.74) is -2.73. The molecule has 3 aliphatic rings. The van der Waals surface area contributed by atoms with Crippen LogP contribution in [0.5, 0.6) is 0 Å². The van der Waals surface area contributed by atoms with Crippen LogP contribution in [0.15, 0.2) is 0 Å². The Labute approximate surface area is 91.5 Å². The number of aliphatic hydroxyl groups excluding tert-OH is 2. The van der Waals surface area contributed by atoms with Crippen molar-refractivity contribution in [2.75, 3.05) is 0 Å². The Morgan fingerprint density at radius 1 is 0.875 bits per heavy atom. The maximum atomic E-state index is 11.1. The van der Waals surface area contributed by atoms with Crippen molar-refractivity contribution in [1.29, 1.82) is 0 Å². The Balaban J connectivity index is 2.39. The van der Waals surface area contributed by atoms with Gasteiger partial charge in [0.1, 0.15) is 0 Å². The van der Waals surface area contributed by atoms with Crippen molar-refractivity contribution in [2.24, 2.45) is 10.8 Å². The van der Waals surface area contributed by atoms with Gasteiger partial charge in [-0.2, -0.15) is 0 Å². The van der Waals surface area contributed by atoms with Gasteiger partial charge >= 0.3 is 11.9 Å². The Kier molecular flexibility index (Phi) is 2.25. The molecular formula is C10H14O6. The van der Waals surface area contributed by atoms with Crippen molar-refractivity contribution < 1.29 is 30.0 Å². The third kappa shape index (κ3) is 1.14. The minimum absolute atomic E-state index is 0.104. The molecule has 0 spiro atoms.